The number of anilines is 2. The highest BCUT2D eigenvalue weighted by atomic mass is 35.5. The molecule has 0 unspecified atom stereocenters. The summed E-state index contributed by atoms with van der Waals surface area (Å²) in [6.45, 7) is 2.96. The van der Waals surface area contributed by atoms with Crippen molar-refractivity contribution >= 4 is 39.9 Å². The lowest BCUT2D eigenvalue weighted by Crippen LogP contribution is -2.44. The molecule has 6 heteroatoms. The van der Waals surface area contributed by atoms with Crippen molar-refractivity contribution in [3.8, 4) is 0 Å². The minimum absolute atomic E-state index is 0.0829. The Morgan fingerprint density at radius 1 is 1.07 bits per heavy atom. The van der Waals surface area contributed by atoms with Crippen molar-refractivity contribution < 1.29 is 14.3 Å². The van der Waals surface area contributed by atoms with E-state index in [2.05, 4.69) is 34.1 Å². The first-order valence-electron chi connectivity index (χ1n) is 9.66. The van der Waals surface area contributed by atoms with Crippen molar-refractivity contribution in [2.45, 2.75) is 25.3 Å². The van der Waals surface area contributed by atoms with E-state index in [0.29, 0.717) is 22.0 Å². The van der Waals surface area contributed by atoms with E-state index in [1.54, 1.807) is 0 Å². The fraction of sp³-hybridized carbons (Fsp3) is 0.318. The van der Waals surface area contributed by atoms with Crippen molar-refractivity contribution in [2.75, 3.05) is 29.4 Å². The summed E-state index contributed by atoms with van der Waals surface area (Å²) in [7, 11) is 0. The molecule has 0 spiro atoms. The van der Waals surface area contributed by atoms with Gasteiger partial charge >= 0.3 is 5.97 Å². The predicted octanol–water partition coefficient (Wildman–Crippen LogP) is 4.82. The van der Waals surface area contributed by atoms with Crippen LogP contribution in [0.1, 0.15) is 29.0 Å². The first-order chi connectivity index (χ1) is 13.6. The summed E-state index contributed by atoms with van der Waals surface area (Å²) < 4.78 is 5.36. The Labute approximate surface area is 168 Å². The maximum absolute atomic E-state index is 11.2. The van der Waals surface area contributed by atoms with Crippen LogP contribution in [0.5, 0.6) is 0 Å². The standard InChI is InChI=1S/C22H21ClN2O3/c23-21-16-13-20(22(26)27)28-19(16)6-5-18(21)24-10-8-15(9-11-24)25-12-7-14-3-1-2-4-17(14)25/h1-6,13,15H,7-12H2,(H,26,27). The quantitative estimate of drug-likeness (QED) is 0.688. The summed E-state index contributed by atoms with van der Waals surface area (Å²) in [5, 5.41) is 10.4. The number of rotatable bonds is 3. The summed E-state index contributed by atoms with van der Waals surface area (Å²) in [6.07, 6.45) is 3.29. The van der Waals surface area contributed by atoms with Crippen molar-refractivity contribution in [1.29, 1.82) is 0 Å². The monoisotopic (exact) mass is 396 g/mol. The highest BCUT2D eigenvalue weighted by Crippen LogP contribution is 2.38. The number of piperidine rings is 1. The van der Waals surface area contributed by atoms with Crippen molar-refractivity contribution in [2.24, 2.45) is 0 Å². The molecule has 0 radical (unpaired) electrons. The summed E-state index contributed by atoms with van der Waals surface area (Å²) >= 11 is 6.62. The molecule has 2 aromatic carbocycles. The Balaban J connectivity index is 1.34. The van der Waals surface area contributed by atoms with Crippen LogP contribution >= 0.6 is 11.6 Å². The lowest BCUT2D eigenvalue weighted by molar-refractivity contribution is 0.0665. The molecule has 28 heavy (non-hydrogen) atoms. The van der Waals surface area contributed by atoms with Gasteiger partial charge in [-0.05, 0) is 43.0 Å². The number of fused-ring (bicyclic) bond motifs is 2. The van der Waals surface area contributed by atoms with Gasteiger partial charge in [0.1, 0.15) is 5.58 Å². The molecule has 2 aliphatic rings. The zero-order valence-electron chi connectivity index (χ0n) is 15.4. The normalized spacial score (nSPS) is 17.3. The van der Waals surface area contributed by atoms with Crippen LogP contribution in [0.25, 0.3) is 11.0 Å². The minimum Gasteiger partial charge on any atom is -0.475 e. The van der Waals surface area contributed by atoms with Crippen LogP contribution in [0.3, 0.4) is 0 Å². The van der Waals surface area contributed by atoms with Crippen molar-refractivity contribution in [3.63, 3.8) is 0 Å². The number of benzene rings is 2. The van der Waals surface area contributed by atoms with Gasteiger partial charge in [0.2, 0.25) is 5.76 Å². The fourth-order valence-electron chi connectivity index (χ4n) is 4.58. The van der Waals surface area contributed by atoms with Crippen LogP contribution in [-0.2, 0) is 6.42 Å². The summed E-state index contributed by atoms with van der Waals surface area (Å²) in [5.41, 5.74) is 4.30. The molecule has 5 rings (SSSR count). The maximum atomic E-state index is 11.2. The van der Waals surface area contributed by atoms with Gasteiger partial charge in [-0.1, -0.05) is 29.8 Å². The smallest absolute Gasteiger partial charge is 0.371 e. The van der Waals surface area contributed by atoms with E-state index < -0.39 is 5.97 Å². The SMILES string of the molecule is O=C(O)c1cc2c(Cl)c(N3CCC(N4CCc5ccccc54)CC3)ccc2o1. The van der Waals surface area contributed by atoms with E-state index in [0.717, 1.165) is 44.6 Å². The van der Waals surface area contributed by atoms with Gasteiger partial charge < -0.3 is 19.3 Å². The topological polar surface area (TPSA) is 56.9 Å². The summed E-state index contributed by atoms with van der Waals surface area (Å²) in [4.78, 5) is 16.0. The molecule has 0 saturated carbocycles. The molecule has 1 N–H and O–H groups in total. The van der Waals surface area contributed by atoms with Gasteiger partial charge in [0.05, 0.1) is 10.7 Å². The molecule has 1 aromatic heterocycles. The van der Waals surface area contributed by atoms with Crippen molar-refractivity contribution in [1.82, 2.24) is 0 Å². The van der Waals surface area contributed by atoms with Gasteiger partial charge in [0.15, 0.2) is 0 Å². The van der Waals surface area contributed by atoms with Crippen LogP contribution in [0.4, 0.5) is 11.4 Å². The summed E-state index contributed by atoms with van der Waals surface area (Å²) in [5.74, 6) is -1.17. The van der Waals surface area contributed by atoms with E-state index >= 15 is 0 Å². The van der Waals surface area contributed by atoms with E-state index in [1.807, 2.05) is 12.1 Å². The molecule has 1 fully saturated rings. The first-order valence-corrected chi connectivity index (χ1v) is 10.0. The van der Waals surface area contributed by atoms with E-state index in [4.69, 9.17) is 21.1 Å². The number of carboxylic acid groups (broad SMARTS) is 1. The number of carboxylic acids is 1. The number of para-hydroxylation sites is 1. The average Bonchev–Trinajstić information content (AvgIpc) is 3.34. The number of aromatic carboxylic acids is 1. The zero-order valence-corrected chi connectivity index (χ0v) is 16.2. The first kappa shape index (κ1) is 17.4. The molecule has 144 valence electrons. The Kier molecular flexibility index (Phi) is 4.20. The highest BCUT2D eigenvalue weighted by molar-refractivity contribution is 6.38. The molecule has 3 heterocycles. The van der Waals surface area contributed by atoms with Gasteiger partial charge in [-0.2, -0.15) is 0 Å². The van der Waals surface area contributed by atoms with Gasteiger partial charge in [0, 0.05) is 42.8 Å². The van der Waals surface area contributed by atoms with Crippen LogP contribution in [-0.4, -0.2) is 36.8 Å². The molecule has 2 aliphatic heterocycles. The largest absolute Gasteiger partial charge is 0.475 e. The lowest BCUT2D eigenvalue weighted by Gasteiger charge is -2.39. The molecule has 0 atom stereocenters. The van der Waals surface area contributed by atoms with Crippen LogP contribution in [0.15, 0.2) is 46.9 Å². The second kappa shape index (κ2) is 6.74. The van der Waals surface area contributed by atoms with Crippen LogP contribution < -0.4 is 9.80 Å². The lowest BCUT2D eigenvalue weighted by atomic mass is 10.0. The molecule has 5 nitrogen and oxygen atoms in total. The van der Waals surface area contributed by atoms with Crippen LogP contribution in [0.2, 0.25) is 5.02 Å². The van der Waals surface area contributed by atoms with Gasteiger partial charge in [-0.15, -0.1) is 0 Å². The third-order valence-electron chi connectivity index (χ3n) is 5.99. The van der Waals surface area contributed by atoms with E-state index in [9.17, 15) is 4.79 Å². The van der Waals surface area contributed by atoms with Gasteiger partial charge in [-0.3, -0.25) is 0 Å². The third kappa shape index (κ3) is 2.81. The second-order valence-electron chi connectivity index (χ2n) is 7.52. The Bertz CT molecular complexity index is 1050. The predicted molar refractivity (Wildman–Crippen MR) is 111 cm³/mol. The molecule has 1 saturated heterocycles. The Morgan fingerprint density at radius 2 is 1.86 bits per heavy atom. The maximum Gasteiger partial charge on any atom is 0.371 e. The molecule has 3 aromatic rings. The van der Waals surface area contributed by atoms with Crippen molar-refractivity contribution in [3.05, 3.63) is 58.8 Å². The van der Waals surface area contributed by atoms with Gasteiger partial charge in [-0.25, -0.2) is 4.79 Å². The molecule has 0 bridgehead atoms. The number of carbonyl (C=O) groups is 1. The third-order valence-corrected chi connectivity index (χ3v) is 6.39. The zero-order chi connectivity index (χ0) is 19.3. The highest BCUT2D eigenvalue weighted by Gasteiger charge is 2.30. The minimum atomic E-state index is -1.08. The Hall–Kier alpha value is -2.66. The van der Waals surface area contributed by atoms with Gasteiger partial charge in [0.25, 0.3) is 0 Å². The molecule has 0 aliphatic carbocycles. The molecular weight excluding hydrogens is 376 g/mol. The summed E-state index contributed by atoms with van der Waals surface area (Å²) in [6, 6.07) is 14.5. The number of hydrogen-bond acceptors (Lipinski definition) is 4. The second-order valence-corrected chi connectivity index (χ2v) is 7.89. The number of furan rings is 1. The van der Waals surface area contributed by atoms with E-state index in [-0.39, 0.29) is 5.76 Å². The average molecular weight is 397 g/mol. The van der Waals surface area contributed by atoms with E-state index in [1.165, 1.54) is 17.3 Å². The molecule has 0 amide bonds. The fourth-order valence-corrected chi connectivity index (χ4v) is 4.91. The number of halogens is 1. The number of hydrogen-bond donors (Lipinski definition) is 1. The number of nitrogens with zero attached hydrogens (tertiary/aromatic N) is 2. The molecular formula is C22H21ClN2O3. The Morgan fingerprint density at radius 3 is 2.64 bits per heavy atom. The van der Waals surface area contributed by atoms with Crippen LogP contribution in [0, 0.1) is 0 Å².